The van der Waals surface area contributed by atoms with Gasteiger partial charge in [-0.1, -0.05) is 6.92 Å². The Labute approximate surface area is 185 Å². The fourth-order valence-corrected chi connectivity index (χ4v) is 6.21. The van der Waals surface area contributed by atoms with Crippen LogP contribution >= 0.6 is 0 Å². The highest BCUT2D eigenvalue weighted by Crippen LogP contribution is 2.38. The summed E-state index contributed by atoms with van der Waals surface area (Å²) in [6.45, 7) is 7.51. The van der Waals surface area contributed by atoms with Crippen LogP contribution in [0.15, 0.2) is 0 Å². The number of alkyl halides is 1. The molecule has 7 nitrogen and oxygen atoms in total. The van der Waals surface area contributed by atoms with Crippen molar-refractivity contribution in [2.75, 3.05) is 32.8 Å². The van der Waals surface area contributed by atoms with E-state index in [2.05, 4.69) is 22.5 Å². The van der Waals surface area contributed by atoms with E-state index in [1.807, 2.05) is 6.92 Å². The number of fused-ring (bicyclic) bond motifs is 1. The lowest BCUT2D eigenvalue weighted by atomic mass is 9.77. The largest absolute Gasteiger partial charge is 0.450 e. The summed E-state index contributed by atoms with van der Waals surface area (Å²) in [5, 5.41) is 6.73. The lowest BCUT2D eigenvalue weighted by Gasteiger charge is -2.42. The van der Waals surface area contributed by atoms with E-state index in [9.17, 15) is 14.0 Å². The number of hydrogen-bond donors (Lipinski definition) is 2. The van der Waals surface area contributed by atoms with Crippen molar-refractivity contribution in [2.45, 2.75) is 89.1 Å². The van der Waals surface area contributed by atoms with Crippen molar-refractivity contribution in [2.24, 2.45) is 11.8 Å². The van der Waals surface area contributed by atoms with E-state index in [1.165, 1.54) is 0 Å². The van der Waals surface area contributed by atoms with E-state index < -0.39 is 6.17 Å². The van der Waals surface area contributed by atoms with Gasteiger partial charge in [-0.05, 0) is 57.8 Å². The van der Waals surface area contributed by atoms with Crippen LogP contribution in [0.3, 0.4) is 0 Å². The quantitative estimate of drug-likeness (QED) is 0.705. The van der Waals surface area contributed by atoms with Crippen molar-refractivity contribution in [3.05, 3.63) is 0 Å². The van der Waals surface area contributed by atoms with E-state index in [1.54, 1.807) is 4.90 Å². The summed E-state index contributed by atoms with van der Waals surface area (Å²) < 4.78 is 19.5. The Morgan fingerprint density at radius 2 is 1.87 bits per heavy atom. The molecule has 2 heterocycles. The summed E-state index contributed by atoms with van der Waals surface area (Å²) in [6.07, 6.45) is 5.35. The van der Waals surface area contributed by atoms with Crippen LogP contribution in [0.4, 0.5) is 9.18 Å². The number of carbonyl (C=O) groups excluding carboxylic acids is 2. The van der Waals surface area contributed by atoms with Gasteiger partial charge < -0.3 is 20.3 Å². The predicted molar refractivity (Wildman–Crippen MR) is 116 cm³/mol. The molecule has 0 aromatic heterocycles. The van der Waals surface area contributed by atoms with E-state index in [0.717, 1.165) is 45.2 Å². The molecule has 0 radical (unpaired) electrons. The molecule has 0 aromatic carbocycles. The number of halogens is 1. The number of rotatable bonds is 4. The summed E-state index contributed by atoms with van der Waals surface area (Å²) >= 11 is 0. The van der Waals surface area contributed by atoms with Gasteiger partial charge in [-0.15, -0.1) is 0 Å². The van der Waals surface area contributed by atoms with Crippen molar-refractivity contribution in [3.8, 4) is 0 Å². The first-order valence-electron chi connectivity index (χ1n) is 12.3. The van der Waals surface area contributed by atoms with Crippen LogP contribution < -0.4 is 10.6 Å². The van der Waals surface area contributed by atoms with Crippen LogP contribution in [0.1, 0.15) is 58.8 Å². The van der Waals surface area contributed by atoms with Crippen LogP contribution in [0.5, 0.6) is 0 Å². The molecule has 8 heteroatoms. The van der Waals surface area contributed by atoms with Gasteiger partial charge in [0.1, 0.15) is 6.17 Å². The highest BCUT2D eigenvalue weighted by Gasteiger charge is 2.46. The molecular weight excluding hydrogens is 399 g/mol. The van der Waals surface area contributed by atoms with Gasteiger partial charge in [0.2, 0.25) is 5.91 Å². The van der Waals surface area contributed by atoms with E-state index in [0.29, 0.717) is 44.5 Å². The van der Waals surface area contributed by atoms with Crippen LogP contribution in [0.25, 0.3) is 0 Å². The molecule has 2 saturated carbocycles. The molecule has 2 aliphatic heterocycles. The maximum atomic E-state index is 14.4. The fourth-order valence-electron chi connectivity index (χ4n) is 6.21. The number of piperazine rings is 1. The third-order valence-corrected chi connectivity index (χ3v) is 8.00. The molecule has 7 atom stereocenters. The second kappa shape index (κ2) is 10.0. The smallest absolute Gasteiger partial charge is 0.409 e. The monoisotopic (exact) mass is 438 g/mol. The van der Waals surface area contributed by atoms with Crippen molar-refractivity contribution in [1.82, 2.24) is 20.4 Å². The number of ether oxygens (including phenoxy) is 1. The second-order valence-corrected chi connectivity index (χ2v) is 9.96. The lowest BCUT2D eigenvalue weighted by Crippen LogP contribution is -2.55. The molecule has 0 spiro atoms. The number of nitrogens with one attached hydrogen (secondary N) is 2. The molecule has 31 heavy (non-hydrogen) atoms. The number of amides is 2. The maximum Gasteiger partial charge on any atom is 0.409 e. The first kappa shape index (κ1) is 22.8. The minimum Gasteiger partial charge on any atom is -0.450 e. The summed E-state index contributed by atoms with van der Waals surface area (Å²) in [5.41, 5.74) is 0. The Kier molecular flexibility index (Phi) is 7.37. The van der Waals surface area contributed by atoms with Crippen molar-refractivity contribution in [3.63, 3.8) is 0 Å². The molecular formula is C23H39FN4O3. The Balaban J connectivity index is 1.25. The Morgan fingerprint density at radius 1 is 1.10 bits per heavy atom. The van der Waals surface area contributed by atoms with Gasteiger partial charge in [0.25, 0.3) is 0 Å². The molecule has 176 valence electrons. The number of hydrogen-bond acceptors (Lipinski definition) is 5. The van der Waals surface area contributed by atoms with Crippen molar-refractivity contribution in [1.29, 1.82) is 0 Å². The molecule has 2 aliphatic carbocycles. The highest BCUT2D eigenvalue weighted by molar-refractivity contribution is 5.82. The fraction of sp³-hybridized carbons (Fsp3) is 0.913. The Morgan fingerprint density at radius 3 is 2.58 bits per heavy atom. The zero-order valence-corrected chi connectivity index (χ0v) is 19.0. The molecule has 5 unspecified atom stereocenters. The van der Waals surface area contributed by atoms with Crippen LogP contribution in [0, 0.1) is 11.8 Å². The maximum absolute atomic E-state index is 14.4. The van der Waals surface area contributed by atoms with E-state index in [4.69, 9.17) is 4.74 Å². The Hall–Kier alpha value is -1.41. The second-order valence-electron chi connectivity index (χ2n) is 9.96. The SMILES string of the molecule is CCOC(=O)N1CCN([C@@H]2CCC[C@@H](NC(=O)C3CC4C(F)CCC(C)C4N3)C2)CC1. The molecule has 4 aliphatic rings. The zero-order valence-electron chi connectivity index (χ0n) is 19.0. The summed E-state index contributed by atoms with van der Waals surface area (Å²) in [7, 11) is 0. The van der Waals surface area contributed by atoms with Crippen LogP contribution in [0.2, 0.25) is 0 Å². The summed E-state index contributed by atoms with van der Waals surface area (Å²) in [4.78, 5) is 29.1. The molecule has 4 fully saturated rings. The average molecular weight is 439 g/mol. The lowest BCUT2D eigenvalue weighted by molar-refractivity contribution is -0.124. The molecule has 0 aromatic rings. The van der Waals surface area contributed by atoms with Crippen LogP contribution in [-0.4, -0.2) is 84.9 Å². The third kappa shape index (κ3) is 5.16. The van der Waals surface area contributed by atoms with Gasteiger partial charge >= 0.3 is 6.09 Å². The van der Waals surface area contributed by atoms with Gasteiger partial charge in [0, 0.05) is 50.2 Å². The molecule has 2 N–H and O–H groups in total. The van der Waals surface area contributed by atoms with Gasteiger partial charge in [-0.3, -0.25) is 9.69 Å². The van der Waals surface area contributed by atoms with Crippen LogP contribution in [-0.2, 0) is 9.53 Å². The first-order valence-corrected chi connectivity index (χ1v) is 12.3. The highest BCUT2D eigenvalue weighted by atomic mass is 19.1. The minimum absolute atomic E-state index is 0.0192. The van der Waals surface area contributed by atoms with Gasteiger partial charge in [0.05, 0.1) is 12.6 Å². The molecule has 2 amide bonds. The standard InChI is InChI=1S/C23H39FN4O3/c1-3-31-23(30)28-11-9-27(10-12-28)17-6-4-5-16(13-17)25-22(29)20-14-18-19(24)8-7-15(2)21(18)26-20/h15-21,26H,3-14H2,1-2H3,(H,25,29)/t15?,16-,17-,18?,19?,20?,21?/m1/s1. The predicted octanol–water partition coefficient (Wildman–Crippen LogP) is 2.30. The van der Waals surface area contributed by atoms with Crippen molar-refractivity contribution >= 4 is 12.0 Å². The average Bonchev–Trinajstić information content (AvgIpc) is 3.24. The van der Waals surface area contributed by atoms with E-state index >= 15 is 0 Å². The zero-order chi connectivity index (χ0) is 22.0. The normalized spacial score (nSPS) is 39.1. The number of nitrogens with zero attached hydrogens (tertiary/aromatic N) is 2. The Bertz CT molecular complexity index is 624. The molecule has 2 saturated heterocycles. The third-order valence-electron chi connectivity index (χ3n) is 8.00. The summed E-state index contributed by atoms with van der Waals surface area (Å²) in [5.74, 6) is 0.461. The topological polar surface area (TPSA) is 73.9 Å². The number of carbonyl (C=O) groups is 2. The van der Waals surface area contributed by atoms with Gasteiger partial charge in [-0.2, -0.15) is 0 Å². The molecule has 0 bridgehead atoms. The minimum atomic E-state index is -0.779. The van der Waals surface area contributed by atoms with Gasteiger partial charge in [-0.25, -0.2) is 9.18 Å². The molecule has 4 rings (SSSR count). The summed E-state index contributed by atoms with van der Waals surface area (Å²) in [6, 6.07) is 0.492. The van der Waals surface area contributed by atoms with Gasteiger partial charge in [0.15, 0.2) is 0 Å². The van der Waals surface area contributed by atoms with Crippen molar-refractivity contribution < 1.29 is 18.7 Å². The first-order chi connectivity index (χ1) is 15.0. The van der Waals surface area contributed by atoms with E-state index in [-0.39, 0.29) is 36.0 Å².